The average Bonchev–Trinajstić information content (AvgIpc) is 2.29. The maximum atomic E-state index is 10.8. The number of rotatable bonds is 2. The van der Waals surface area contributed by atoms with Gasteiger partial charge < -0.3 is 15.3 Å². The molecule has 0 aliphatic heterocycles. The van der Waals surface area contributed by atoms with Gasteiger partial charge in [0.05, 0.1) is 11.5 Å². The second kappa shape index (κ2) is 4.37. The van der Waals surface area contributed by atoms with Crippen LogP contribution in [0, 0.1) is 5.92 Å². The van der Waals surface area contributed by atoms with Crippen LogP contribution in [0.15, 0.2) is 24.3 Å². The van der Waals surface area contributed by atoms with E-state index in [1.807, 2.05) is 0 Å². The molecule has 0 heterocycles. The summed E-state index contributed by atoms with van der Waals surface area (Å²) in [6.45, 7) is 0. The van der Waals surface area contributed by atoms with E-state index in [1.54, 1.807) is 24.3 Å². The molecule has 1 aromatic carbocycles. The van der Waals surface area contributed by atoms with Gasteiger partial charge in [0.2, 0.25) is 0 Å². The van der Waals surface area contributed by atoms with Gasteiger partial charge in [-0.1, -0.05) is 12.1 Å². The maximum absolute atomic E-state index is 10.8. The highest BCUT2D eigenvalue weighted by Gasteiger charge is 2.37. The van der Waals surface area contributed by atoms with Crippen LogP contribution in [0.4, 0.5) is 0 Å². The summed E-state index contributed by atoms with van der Waals surface area (Å²) in [6.07, 6.45) is 1.80. The molecule has 1 aromatic rings. The summed E-state index contributed by atoms with van der Waals surface area (Å²) in [7, 11) is 0. The number of carbonyl (C=O) groups is 1. The van der Waals surface area contributed by atoms with Crippen LogP contribution in [0.1, 0.15) is 31.2 Å². The number of aromatic hydroxyl groups is 1. The van der Waals surface area contributed by atoms with E-state index in [0.29, 0.717) is 31.2 Å². The van der Waals surface area contributed by atoms with Crippen LogP contribution in [-0.4, -0.2) is 21.3 Å². The van der Waals surface area contributed by atoms with Crippen LogP contribution in [0.25, 0.3) is 0 Å². The Morgan fingerprint density at radius 1 is 1.29 bits per heavy atom. The van der Waals surface area contributed by atoms with Crippen molar-refractivity contribution in [3.05, 3.63) is 29.8 Å². The second-order valence-corrected chi connectivity index (χ2v) is 4.69. The lowest BCUT2D eigenvalue weighted by Gasteiger charge is -2.35. The summed E-state index contributed by atoms with van der Waals surface area (Å²) in [5.74, 6) is -1.02. The van der Waals surface area contributed by atoms with Crippen molar-refractivity contribution in [1.29, 1.82) is 0 Å². The fourth-order valence-electron chi connectivity index (χ4n) is 2.43. The molecule has 4 heteroatoms. The molecular formula is C13H16O4. The zero-order valence-corrected chi connectivity index (χ0v) is 9.47. The van der Waals surface area contributed by atoms with E-state index in [2.05, 4.69) is 0 Å². The molecule has 3 N–H and O–H groups in total. The van der Waals surface area contributed by atoms with E-state index < -0.39 is 11.6 Å². The largest absolute Gasteiger partial charge is 0.508 e. The molecule has 0 radical (unpaired) electrons. The van der Waals surface area contributed by atoms with Gasteiger partial charge in [0.15, 0.2) is 0 Å². The number of benzene rings is 1. The maximum Gasteiger partial charge on any atom is 0.306 e. The summed E-state index contributed by atoms with van der Waals surface area (Å²) in [6, 6.07) is 6.55. The highest BCUT2D eigenvalue weighted by Crippen LogP contribution is 2.40. The number of phenols is 1. The Balaban J connectivity index is 2.14. The fraction of sp³-hybridized carbons (Fsp3) is 0.462. The zero-order valence-electron chi connectivity index (χ0n) is 9.47. The SMILES string of the molecule is O=C(O)C1CCC(O)(c2cccc(O)c2)CC1. The normalized spacial score (nSPS) is 28.9. The van der Waals surface area contributed by atoms with Crippen molar-refractivity contribution in [3.63, 3.8) is 0 Å². The molecule has 1 aliphatic carbocycles. The number of carboxylic acid groups (broad SMARTS) is 1. The van der Waals surface area contributed by atoms with Gasteiger partial charge in [0.1, 0.15) is 5.75 Å². The Kier molecular flexibility index (Phi) is 3.07. The fourth-order valence-corrected chi connectivity index (χ4v) is 2.43. The van der Waals surface area contributed by atoms with E-state index in [9.17, 15) is 15.0 Å². The van der Waals surface area contributed by atoms with Gasteiger partial charge in [0, 0.05) is 0 Å². The molecule has 0 saturated heterocycles. The van der Waals surface area contributed by atoms with E-state index in [-0.39, 0.29) is 11.7 Å². The molecule has 2 rings (SSSR count). The Labute approximate surface area is 99.5 Å². The highest BCUT2D eigenvalue weighted by atomic mass is 16.4. The lowest BCUT2D eigenvalue weighted by atomic mass is 9.75. The molecule has 4 nitrogen and oxygen atoms in total. The molecule has 0 spiro atoms. The van der Waals surface area contributed by atoms with Crippen LogP contribution in [0.2, 0.25) is 0 Å². The lowest BCUT2D eigenvalue weighted by Crippen LogP contribution is -2.33. The number of hydrogen-bond donors (Lipinski definition) is 3. The zero-order chi connectivity index (χ0) is 12.5. The molecule has 1 saturated carbocycles. The summed E-state index contributed by atoms with van der Waals surface area (Å²) < 4.78 is 0. The van der Waals surface area contributed by atoms with Crippen molar-refractivity contribution in [3.8, 4) is 5.75 Å². The van der Waals surface area contributed by atoms with Crippen molar-refractivity contribution in [2.75, 3.05) is 0 Å². The minimum absolute atomic E-state index is 0.122. The predicted octanol–water partition coefficient (Wildman–Crippen LogP) is 1.85. The standard InChI is InChI=1S/C13H16O4/c14-11-3-1-2-10(8-11)13(17)6-4-9(5-7-13)12(15)16/h1-3,8-9,14,17H,4-7H2,(H,15,16). The summed E-state index contributed by atoms with van der Waals surface area (Å²) in [5.41, 5.74) is -0.327. The molecule has 1 fully saturated rings. The molecule has 0 atom stereocenters. The average molecular weight is 236 g/mol. The smallest absolute Gasteiger partial charge is 0.306 e. The Bertz CT molecular complexity index is 419. The third-order valence-electron chi connectivity index (χ3n) is 3.55. The van der Waals surface area contributed by atoms with Gasteiger partial charge >= 0.3 is 5.97 Å². The number of aliphatic hydroxyl groups is 1. The molecule has 17 heavy (non-hydrogen) atoms. The first kappa shape index (κ1) is 11.9. The number of carboxylic acids is 1. The molecule has 0 aromatic heterocycles. The quantitative estimate of drug-likeness (QED) is 0.732. The molecular weight excluding hydrogens is 220 g/mol. The molecule has 92 valence electrons. The van der Waals surface area contributed by atoms with Crippen molar-refractivity contribution in [1.82, 2.24) is 0 Å². The van der Waals surface area contributed by atoms with Gasteiger partial charge in [-0.3, -0.25) is 4.79 Å². The van der Waals surface area contributed by atoms with Crippen molar-refractivity contribution < 1.29 is 20.1 Å². The van der Waals surface area contributed by atoms with Gasteiger partial charge in [-0.15, -0.1) is 0 Å². The Morgan fingerprint density at radius 2 is 1.94 bits per heavy atom. The van der Waals surface area contributed by atoms with Crippen LogP contribution < -0.4 is 0 Å². The van der Waals surface area contributed by atoms with E-state index in [0.717, 1.165) is 0 Å². The first-order chi connectivity index (χ1) is 8.01. The number of aliphatic carboxylic acids is 1. The monoisotopic (exact) mass is 236 g/mol. The number of hydrogen-bond acceptors (Lipinski definition) is 3. The minimum Gasteiger partial charge on any atom is -0.508 e. The summed E-state index contributed by atoms with van der Waals surface area (Å²) >= 11 is 0. The first-order valence-corrected chi connectivity index (χ1v) is 5.76. The van der Waals surface area contributed by atoms with Crippen molar-refractivity contribution >= 4 is 5.97 Å². The van der Waals surface area contributed by atoms with Gasteiger partial charge in [-0.2, -0.15) is 0 Å². The van der Waals surface area contributed by atoms with Crippen LogP contribution in [0.3, 0.4) is 0 Å². The third-order valence-corrected chi connectivity index (χ3v) is 3.55. The van der Waals surface area contributed by atoms with Crippen molar-refractivity contribution in [2.45, 2.75) is 31.3 Å². The minimum atomic E-state index is -0.995. The van der Waals surface area contributed by atoms with E-state index in [1.165, 1.54) is 0 Å². The van der Waals surface area contributed by atoms with Crippen LogP contribution in [-0.2, 0) is 10.4 Å². The lowest BCUT2D eigenvalue weighted by molar-refractivity contribution is -0.145. The van der Waals surface area contributed by atoms with Gasteiger partial charge in [-0.25, -0.2) is 0 Å². The summed E-state index contributed by atoms with van der Waals surface area (Å²) in [5, 5.41) is 28.8. The Morgan fingerprint density at radius 3 is 2.47 bits per heavy atom. The third kappa shape index (κ3) is 2.42. The first-order valence-electron chi connectivity index (χ1n) is 5.76. The summed E-state index contributed by atoms with van der Waals surface area (Å²) in [4.78, 5) is 10.8. The van der Waals surface area contributed by atoms with Crippen LogP contribution in [0.5, 0.6) is 5.75 Å². The van der Waals surface area contributed by atoms with E-state index in [4.69, 9.17) is 5.11 Å². The molecule has 0 bridgehead atoms. The van der Waals surface area contributed by atoms with Crippen molar-refractivity contribution in [2.24, 2.45) is 5.92 Å². The number of phenolic OH excluding ortho intramolecular Hbond substituents is 1. The molecule has 0 amide bonds. The van der Waals surface area contributed by atoms with Crippen LogP contribution >= 0.6 is 0 Å². The predicted molar refractivity (Wildman–Crippen MR) is 61.6 cm³/mol. The van der Waals surface area contributed by atoms with E-state index >= 15 is 0 Å². The topological polar surface area (TPSA) is 77.8 Å². The molecule has 1 aliphatic rings. The molecule has 0 unspecified atom stereocenters. The Hall–Kier alpha value is -1.55. The van der Waals surface area contributed by atoms with Gasteiger partial charge in [0.25, 0.3) is 0 Å². The highest BCUT2D eigenvalue weighted by molar-refractivity contribution is 5.70. The second-order valence-electron chi connectivity index (χ2n) is 4.69. The van der Waals surface area contributed by atoms with Gasteiger partial charge in [-0.05, 0) is 43.4 Å².